The number of anilines is 1. The van der Waals surface area contributed by atoms with E-state index in [1.165, 1.54) is 0 Å². The molecule has 1 aromatic carbocycles. The number of rotatable bonds is 6. The maximum absolute atomic E-state index is 12.4. The zero-order chi connectivity index (χ0) is 15.5. The summed E-state index contributed by atoms with van der Waals surface area (Å²) in [6, 6.07) is 6.74. The normalized spacial score (nSPS) is 11.6. The van der Waals surface area contributed by atoms with E-state index < -0.39 is 10.0 Å². The molecule has 1 aromatic heterocycles. The van der Waals surface area contributed by atoms with Gasteiger partial charge in [0.2, 0.25) is 0 Å². The average Bonchev–Trinajstić information content (AvgIpc) is 2.82. The van der Waals surface area contributed by atoms with Crippen LogP contribution < -0.4 is 10.0 Å². The van der Waals surface area contributed by atoms with Crippen LogP contribution in [-0.2, 0) is 23.6 Å². The predicted octanol–water partition coefficient (Wildman–Crippen LogP) is 1.64. The summed E-state index contributed by atoms with van der Waals surface area (Å²) in [5.74, 6) is 0.311. The third kappa shape index (κ3) is 3.83. The van der Waals surface area contributed by atoms with Gasteiger partial charge in [-0.25, -0.2) is 8.42 Å². The van der Waals surface area contributed by atoms with Crippen LogP contribution in [0.5, 0.6) is 0 Å². The lowest BCUT2D eigenvalue weighted by Gasteiger charge is -2.10. The summed E-state index contributed by atoms with van der Waals surface area (Å²) < 4.78 is 28.8. The molecule has 0 atom stereocenters. The van der Waals surface area contributed by atoms with Crippen molar-refractivity contribution >= 4 is 15.8 Å². The molecule has 0 aliphatic heterocycles. The number of aromatic nitrogens is 2. The Morgan fingerprint density at radius 3 is 2.67 bits per heavy atom. The van der Waals surface area contributed by atoms with E-state index in [0.717, 1.165) is 17.7 Å². The minimum Gasteiger partial charge on any atom is -0.313 e. The third-order valence-corrected chi connectivity index (χ3v) is 4.50. The predicted molar refractivity (Wildman–Crippen MR) is 82.6 cm³/mol. The number of nitrogens with zero attached hydrogens (tertiary/aromatic N) is 2. The van der Waals surface area contributed by atoms with E-state index >= 15 is 0 Å². The molecule has 6 nitrogen and oxygen atoms in total. The highest BCUT2D eigenvalue weighted by atomic mass is 32.2. The first kappa shape index (κ1) is 15.5. The maximum atomic E-state index is 12.4. The molecular weight excluding hydrogens is 288 g/mol. The number of nitrogens with one attached hydrogen (secondary N) is 2. The van der Waals surface area contributed by atoms with Crippen LogP contribution in [0, 0.1) is 6.92 Å². The molecule has 0 amide bonds. The van der Waals surface area contributed by atoms with Crippen molar-refractivity contribution < 1.29 is 8.42 Å². The molecule has 0 aliphatic carbocycles. The second-order valence-corrected chi connectivity index (χ2v) is 6.53. The molecule has 0 saturated heterocycles. The van der Waals surface area contributed by atoms with Crippen molar-refractivity contribution in [3.8, 4) is 0 Å². The largest absolute Gasteiger partial charge is 0.313 e. The molecule has 0 fully saturated rings. The zero-order valence-electron chi connectivity index (χ0n) is 12.4. The minimum atomic E-state index is -3.62. The van der Waals surface area contributed by atoms with Crippen LogP contribution in [0.25, 0.3) is 0 Å². The van der Waals surface area contributed by atoms with E-state index in [-0.39, 0.29) is 4.90 Å². The van der Waals surface area contributed by atoms with Crippen LogP contribution in [0.4, 0.5) is 5.82 Å². The average molecular weight is 308 g/mol. The van der Waals surface area contributed by atoms with Crippen molar-refractivity contribution in [1.82, 2.24) is 15.1 Å². The Morgan fingerprint density at radius 1 is 1.29 bits per heavy atom. The van der Waals surface area contributed by atoms with Crippen molar-refractivity contribution in [1.29, 1.82) is 0 Å². The highest BCUT2D eigenvalue weighted by Crippen LogP contribution is 2.18. The van der Waals surface area contributed by atoms with Gasteiger partial charge >= 0.3 is 0 Å². The van der Waals surface area contributed by atoms with Gasteiger partial charge in [-0.1, -0.05) is 13.0 Å². The highest BCUT2D eigenvalue weighted by Gasteiger charge is 2.16. The topological polar surface area (TPSA) is 76.0 Å². The number of hydrogen-bond acceptors (Lipinski definition) is 4. The SMILES string of the molecule is CCNCc1cc(S(=O)(=O)Nc2ccn(C)n2)ccc1C. The molecule has 0 saturated carbocycles. The van der Waals surface area contributed by atoms with Crippen molar-refractivity contribution in [2.24, 2.45) is 7.05 Å². The van der Waals surface area contributed by atoms with Crippen LogP contribution >= 0.6 is 0 Å². The molecule has 0 unspecified atom stereocenters. The van der Waals surface area contributed by atoms with Gasteiger partial charge in [0.05, 0.1) is 4.90 Å². The Hall–Kier alpha value is -1.86. The Morgan fingerprint density at radius 2 is 2.05 bits per heavy atom. The molecule has 1 heterocycles. The Bertz CT molecular complexity index is 722. The molecule has 2 N–H and O–H groups in total. The van der Waals surface area contributed by atoms with Gasteiger partial charge in [0.1, 0.15) is 0 Å². The smallest absolute Gasteiger partial charge is 0.263 e. The quantitative estimate of drug-likeness (QED) is 0.850. The van der Waals surface area contributed by atoms with Crippen molar-refractivity contribution in [3.63, 3.8) is 0 Å². The van der Waals surface area contributed by atoms with Gasteiger partial charge < -0.3 is 5.32 Å². The number of hydrogen-bond donors (Lipinski definition) is 2. The van der Waals surface area contributed by atoms with Gasteiger partial charge in [-0.15, -0.1) is 0 Å². The second-order valence-electron chi connectivity index (χ2n) is 4.85. The molecule has 114 valence electrons. The van der Waals surface area contributed by atoms with Gasteiger partial charge in [-0.05, 0) is 36.7 Å². The molecule has 0 radical (unpaired) electrons. The Balaban J connectivity index is 2.27. The fourth-order valence-electron chi connectivity index (χ4n) is 1.93. The second kappa shape index (κ2) is 6.28. The summed E-state index contributed by atoms with van der Waals surface area (Å²) in [6.07, 6.45) is 1.68. The summed E-state index contributed by atoms with van der Waals surface area (Å²) in [7, 11) is -1.88. The maximum Gasteiger partial charge on any atom is 0.263 e. The van der Waals surface area contributed by atoms with E-state index in [0.29, 0.717) is 12.4 Å². The lowest BCUT2D eigenvalue weighted by molar-refractivity contribution is 0.600. The van der Waals surface area contributed by atoms with Gasteiger partial charge in [-0.3, -0.25) is 9.40 Å². The third-order valence-electron chi connectivity index (χ3n) is 3.15. The Labute approximate surface area is 125 Å². The molecule has 0 aliphatic rings. The van der Waals surface area contributed by atoms with E-state index in [2.05, 4.69) is 15.1 Å². The summed E-state index contributed by atoms with van der Waals surface area (Å²) in [4.78, 5) is 0.242. The fraction of sp³-hybridized carbons (Fsp3) is 0.357. The first-order chi connectivity index (χ1) is 9.92. The highest BCUT2D eigenvalue weighted by molar-refractivity contribution is 7.92. The lowest BCUT2D eigenvalue weighted by Crippen LogP contribution is -2.16. The van der Waals surface area contributed by atoms with E-state index in [1.807, 2.05) is 19.9 Å². The molecule has 0 bridgehead atoms. The molecular formula is C14H20N4O2S. The molecule has 7 heteroatoms. The molecule has 2 rings (SSSR count). The first-order valence-electron chi connectivity index (χ1n) is 6.75. The van der Waals surface area contributed by atoms with Gasteiger partial charge in [0.25, 0.3) is 10.0 Å². The Kier molecular flexibility index (Phi) is 4.64. The van der Waals surface area contributed by atoms with Gasteiger partial charge in [0.15, 0.2) is 5.82 Å². The van der Waals surface area contributed by atoms with Crippen molar-refractivity contribution in [2.75, 3.05) is 11.3 Å². The van der Waals surface area contributed by atoms with E-state index in [4.69, 9.17) is 0 Å². The fourth-order valence-corrected chi connectivity index (χ4v) is 2.98. The standard InChI is InChI=1S/C14H20N4O2S/c1-4-15-10-12-9-13(6-5-11(12)2)21(19,20)17-14-7-8-18(3)16-14/h5-9,15H,4,10H2,1-3H3,(H,16,17). The number of sulfonamides is 1. The number of aryl methyl sites for hydroxylation is 2. The molecule has 21 heavy (non-hydrogen) atoms. The summed E-state index contributed by atoms with van der Waals surface area (Å²) in [6.45, 7) is 5.46. The minimum absolute atomic E-state index is 0.242. The van der Waals surface area contributed by atoms with E-state index in [9.17, 15) is 8.42 Å². The molecule has 2 aromatic rings. The molecule has 0 spiro atoms. The summed E-state index contributed by atoms with van der Waals surface area (Å²) in [5.41, 5.74) is 2.04. The zero-order valence-corrected chi connectivity index (χ0v) is 13.2. The van der Waals surface area contributed by atoms with Gasteiger partial charge in [-0.2, -0.15) is 5.10 Å². The number of benzene rings is 1. The summed E-state index contributed by atoms with van der Waals surface area (Å²) >= 11 is 0. The summed E-state index contributed by atoms with van der Waals surface area (Å²) in [5, 5.41) is 7.23. The first-order valence-corrected chi connectivity index (χ1v) is 8.23. The van der Waals surface area contributed by atoms with Gasteiger partial charge in [0, 0.05) is 25.9 Å². The monoisotopic (exact) mass is 308 g/mol. The van der Waals surface area contributed by atoms with Crippen LogP contribution in [-0.4, -0.2) is 24.7 Å². The lowest BCUT2D eigenvalue weighted by atomic mass is 10.1. The van der Waals surface area contributed by atoms with Crippen molar-refractivity contribution in [3.05, 3.63) is 41.6 Å². The van der Waals surface area contributed by atoms with Crippen molar-refractivity contribution in [2.45, 2.75) is 25.3 Å². The van der Waals surface area contributed by atoms with Crippen LogP contribution in [0.3, 0.4) is 0 Å². The van der Waals surface area contributed by atoms with Crippen LogP contribution in [0.15, 0.2) is 35.4 Å². The van der Waals surface area contributed by atoms with Crippen LogP contribution in [0.1, 0.15) is 18.1 Å². The van der Waals surface area contributed by atoms with Crippen LogP contribution in [0.2, 0.25) is 0 Å². The van der Waals surface area contributed by atoms with E-state index in [1.54, 1.807) is 36.1 Å².